The fraction of sp³-hybridized carbons (Fsp3) is 0.389. The number of hydrogen-bond acceptors (Lipinski definition) is 4. The van der Waals surface area contributed by atoms with Crippen molar-refractivity contribution in [2.45, 2.75) is 39.5 Å². The van der Waals surface area contributed by atoms with Gasteiger partial charge in [0, 0.05) is 29.3 Å². The molecule has 1 saturated carbocycles. The Kier molecular flexibility index (Phi) is 4.64. The van der Waals surface area contributed by atoms with Crippen LogP contribution in [0.25, 0.3) is 0 Å². The summed E-state index contributed by atoms with van der Waals surface area (Å²) in [5.74, 6) is 0.876. The molecule has 0 radical (unpaired) electrons. The van der Waals surface area contributed by atoms with Gasteiger partial charge in [0.05, 0.1) is 5.69 Å². The molecule has 0 unspecified atom stereocenters. The maximum absolute atomic E-state index is 12.1. The largest absolute Gasteiger partial charge is 0.361 e. The highest BCUT2D eigenvalue weighted by atomic mass is 16.5. The van der Waals surface area contributed by atoms with E-state index in [4.69, 9.17) is 4.52 Å². The Morgan fingerprint density at radius 1 is 1.21 bits per heavy atom. The summed E-state index contributed by atoms with van der Waals surface area (Å²) in [7, 11) is 0. The van der Waals surface area contributed by atoms with Crippen molar-refractivity contribution in [1.82, 2.24) is 5.16 Å². The molecular formula is C18H21N3O3. The van der Waals surface area contributed by atoms with Crippen LogP contribution in [-0.4, -0.2) is 17.0 Å². The molecule has 6 nitrogen and oxygen atoms in total. The van der Waals surface area contributed by atoms with Crippen molar-refractivity contribution in [2.75, 3.05) is 10.6 Å². The van der Waals surface area contributed by atoms with Crippen LogP contribution in [0.5, 0.6) is 0 Å². The maximum Gasteiger partial charge on any atom is 0.227 e. The average molecular weight is 327 g/mol. The Labute approximate surface area is 140 Å². The van der Waals surface area contributed by atoms with Crippen LogP contribution < -0.4 is 10.6 Å². The van der Waals surface area contributed by atoms with Gasteiger partial charge in [0.15, 0.2) is 0 Å². The number of carbonyl (C=O) groups excluding carboxylic acids is 2. The van der Waals surface area contributed by atoms with Gasteiger partial charge in [0.25, 0.3) is 0 Å². The number of nitrogens with zero attached hydrogens (tertiary/aromatic N) is 1. The standard InChI is InChI=1S/C18H21N3O3/c1-11-16(12(2)24-21-11)8-9-17(22)19-14-4-3-5-15(10-14)20-18(23)13-6-7-13/h3-5,10,13H,6-9H2,1-2H3,(H,19,22)(H,20,23). The van der Waals surface area contributed by atoms with Crippen LogP contribution in [0.2, 0.25) is 0 Å². The lowest BCUT2D eigenvalue weighted by molar-refractivity contribution is -0.117. The van der Waals surface area contributed by atoms with Crippen LogP contribution in [0.15, 0.2) is 28.8 Å². The number of aryl methyl sites for hydroxylation is 2. The van der Waals surface area contributed by atoms with Crippen molar-refractivity contribution in [2.24, 2.45) is 5.92 Å². The monoisotopic (exact) mass is 327 g/mol. The first kappa shape index (κ1) is 16.2. The van der Waals surface area contributed by atoms with Crippen molar-refractivity contribution < 1.29 is 14.1 Å². The van der Waals surface area contributed by atoms with Crippen LogP contribution in [0, 0.1) is 19.8 Å². The molecule has 1 fully saturated rings. The average Bonchev–Trinajstić information content (AvgIpc) is 3.33. The van der Waals surface area contributed by atoms with Gasteiger partial charge in [-0.1, -0.05) is 11.2 Å². The molecular weight excluding hydrogens is 306 g/mol. The predicted octanol–water partition coefficient (Wildman–Crippen LogP) is 3.21. The van der Waals surface area contributed by atoms with E-state index in [-0.39, 0.29) is 17.7 Å². The lowest BCUT2D eigenvalue weighted by Gasteiger charge is -2.08. The fourth-order valence-electron chi connectivity index (χ4n) is 2.59. The van der Waals surface area contributed by atoms with Crippen LogP contribution >= 0.6 is 0 Å². The van der Waals surface area contributed by atoms with Gasteiger partial charge in [-0.15, -0.1) is 0 Å². The molecule has 1 aliphatic carbocycles. The number of aromatic nitrogens is 1. The van der Waals surface area contributed by atoms with Crippen LogP contribution in [0.3, 0.4) is 0 Å². The van der Waals surface area contributed by atoms with Crippen molar-refractivity contribution in [3.63, 3.8) is 0 Å². The number of rotatable bonds is 6. The van der Waals surface area contributed by atoms with E-state index in [2.05, 4.69) is 15.8 Å². The molecule has 2 N–H and O–H groups in total. The van der Waals surface area contributed by atoms with E-state index in [9.17, 15) is 9.59 Å². The molecule has 24 heavy (non-hydrogen) atoms. The second-order valence-corrected chi connectivity index (χ2v) is 6.20. The second kappa shape index (κ2) is 6.86. The second-order valence-electron chi connectivity index (χ2n) is 6.20. The van der Waals surface area contributed by atoms with E-state index in [0.717, 1.165) is 29.9 Å². The molecule has 0 atom stereocenters. The van der Waals surface area contributed by atoms with E-state index < -0.39 is 0 Å². The molecule has 3 rings (SSSR count). The van der Waals surface area contributed by atoms with E-state index in [0.29, 0.717) is 24.2 Å². The highest BCUT2D eigenvalue weighted by Gasteiger charge is 2.29. The zero-order valence-corrected chi connectivity index (χ0v) is 13.9. The van der Waals surface area contributed by atoms with Crippen LogP contribution in [0.4, 0.5) is 11.4 Å². The molecule has 0 spiro atoms. The molecule has 1 aliphatic rings. The Hall–Kier alpha value is -2.63. The number of carbonyl (C=O) groups is 2. The molecule has 1 aromatic heterocycles. The molecule has 0 bridgehead atoms. The summed E-state index contributed by atoms with van der Waals surface area (Å²) in [5.41, 5.74) is 3.18. The SMILES string of the molecule is Cc1noc(C)c1CCC(=O)Nc1cccc(NC(=O)C2CC2)c1. The molecule has 0 aliphatic heterocycles. The number of hydrogen-bond donors (Lipinski definition) is 2. The quantitative estimate of drug-likeness (QED) is 0.853. The van der Waals surface area contributed by atoms with E-state index in [1.54, 1.807) is 12.1 Å². The molecule has 1 aromatic carbocycles. The zero-order valence-electron chi connectivity index (χ0n) is 13.9. The zero-order chi connectivity index (χ0) is 17.1. The topological polar surface area (TPSA) is 84.2 Å². The van der Waals surface area contributed by atoms with Crippen molar-refractivity contribution in [3.05, 3.63) is 41.3 Å². The Morgan fingerprint density at radius 2 is 1.92 bits per heavy atom. The minimum absolute atomic E-state index is 0.0527. The molecule has 0 saturated heterocycles. The Morgan fingerprint density at radius 3 is 2.54 bits per heavy atom. The Bertz CT molecular complexity index is 743. The Balaban J connectivity index is 1.55. The minimum atomic E-state index is -0.0827. The summed E-state index contributed by atoms with van der Waals surface area (Å²) in [6.45, 7) is 3.72. The van der Waals surface area contributed by atoms with Gasteiger partial charge in [0.1, 0.15) is 5.76 Å². The predicted molar refractivity (Wildman–Crippen MR) is 90.7 cm³/mol. The lowest BCUT2D eigenvalue weighted by atomic mass is 10.1. The first-order valence-corrected chi connectivity index (χ1v) is 8.15. The first-order chi connectivity index (χ1) is 11.5. The lowest BCUT2D eigenvalue weighted by Crippen LogP contribution is -2.15. The van der Waals surface area contributed by atoms with E-state index in [1.807, 2.05) is 26.0 Å². The third kappa shape index (κ3) is 4.01. The van der Waals surface area contributed by atoms with E-state index >= 15 is 0 Å². The van der Waals surface area contributed by atoms with Gasteiger partial charge < -0.3 is 15.2 Å². The maximum atomic E-state index is 12.1. The summed E-state index contributed by atoms with van der Waals surface area (Å²) in [5, 5.41) is 9.63. The molecule has 1 heterocycles. The number of amides is 2. The van der Waals surface area contributed by atoms with Crippen molar-refractivity contribution >= 4 is 23.2 Å². The normalized spacial score (nSPS) is 13.6. The third-order valence-electron chi connectivity index (χ3n) is 4.15. The molecule has 126 valence electrons. The number of nitrogens with one attached hydrogen (secondary N) is 2. The highest BCUT2D eigenvalue weighted by Crippen LogP contribution is 2.30. The van der Waals surface area contributed by atoms with Gasteiger partial charge in [-0.25, -0.2) is 0 Å². The summed E-state index contributed by atoms with van der Waals surface area (Å²) in [6, 6.07) is 7.21. The van der Waals surface area contributed by atoms with Gasteiger partial charge in [-0.3, -0.25) is 9.59 Å². The molecule has 2 amide bonds. The van der Waals surface area contributed by atoms with Gasteiger partial charge >= 0.3 is 0 Å². The van der Waals surface area contributed by atoms with Crippen LogP contribution in [-0.2, 0) is 16.0 Å². The molecule has 2 aromatic rings. The summed E-state index contributed by atoms with van der Waals surface area (Å²) in [4.78, 5) is 23.9. The number of benzene rings is 1. The van der Waals surface area contributed by atoms with Gasteiger partial charge in [-0.2, -0.15) is 0 Å². The van der Waals surface area contributed by atoms with Crippen LogP contribution in [0.1, 0.15) is 36.3 Å². The summed E-state index contributed by atoms with van der Waals surface area (Å²) < 4.78 is 5.10. The minimum Gasteiger partial charge on any atom is -0.361 e. The summed E-state index contributed by atoms with van der Waals surface area (Å²) >= 11 is 0. The van der Waals surface area contributed by atoms with Gasteiger partial charge in [0.2, 0.25) is 11.8 Å². The summed E-state index contributed by atoms with van der Waals surface area (Å²) in [6.07, 6.45) is 2.86. The van der Waals surface area contributed by atoms with Crippen molar-refractivity contribution in [3.8, 4) is 0 Å². The number of anilines is 2. The molecule has 6 heteroatoms. The van der Waals surface area contributed by atoms with Gasteiger partial charge in [-0.05, 0) is 51.3 Å². The van der Waals surface area contributed by atoms with Crippen molar-refractivity contribution in [1.29, 1.82) is 0 Å². The third-order valence-corrected chi connectivity index (χ3v) is 4.15. The smallest absolute Gasteiger partial charge is 0.227 e. The van der Waals surface area contributed by atoms with E-state index in [1.165, 1.54) is 0 Å². The highest BCUT2D eigenvalue weighted by molar-refractivity contribution is 5.96. The first-order valence-electron chi connectivity index (χ1n) is 8.15. The fourth-order valence-corrected chi connectivity index (χ4v) is 2.59.